The fourth-order valence-electron chi connectivity index (χ4n) is 1.31. The van der Waals surface area contributed by atoms with Crippen LogP contribution >= 0.6 is 0 Å². The number of hydrogen-bond donors (Lipinski definition) is 0. The van der Waals surface area contributed by atoms with E-state index in [0.717, 1.165) is 5.57 Å². The first-order chi connectivity index (χ1) is 6.02. The van der Waals surface area contributed by atoms with Gasteiger partial charge in [0.05, 0.1) is 0 Å². The van der Waals surface area contributed by atoms with Gasteiger partial charge in [-0.15, -0.1) is 0 Å². The molecule has 0 spiro atoms. The fourth-order valence-corrected chi connectivity index (χ4v) is 1.31. The lowest BCUT2D eigenvalue weighted by atomic mass is 10.1. The number of carbonyl (C=O) groups excluding carboxylic acids is 2. The summed E-state index contributed by atoms with van der Waals surface area (Å²) in [6.07, 6.45) is 2.27. The van der Waals surface area contributed by atoms with Gasteiger partial charge in [-0.05, 0) is 13.8 Å². The molecule has 0 aromatic heterocycles. The van der Waals surface area contributed by atoms with Gasteiger partial charge in [-0.25, -0.2) is 0 Å². The molecule has 13 heavy (non-hydrogen) atoms. The second-order valence-corrected chi connectivity index (χ2v) is 3.73. The highest BCUT2D eigenvalue weighted by molar-refractivity contribution is 6.03. The molecule has 0 aromatic rings. The van der Waals surface area contributed by atoms with Gasteiger partial charge in [0.15, 0.2) is 0 Å². The molecule has 1 heterocycles. The zero-order valence-corrected chi connectivity index (χ0v) is 8.33. The molecule has 3 nitrogen and oxygen atoms in total. The Bertz CT molecular complexity index is 264. The molecule has 1 atom stereocenters. The maximum atomic E-state index is 11.4. The van der Waals surface area contributed by atoms with Gasteiger partial charge >= 0.3 is 0 Å². The summed E-state index contributed by atoms with van der Waals surface area (Å²) in [7, 11) is 0. The van der Waals surface area contributed by atoms with Gasteiger partial charge in [0.25, 0.3) is 0 Å². The van der Waals surface area contributed by atoms with Gasteiger partial charge in [-0.3, -0.25) is 14.5 Å². The third kappa shape index (κ3) is 2.17. The zero-order chi connectivity index (χ0) is 10.0. The highest BCUT2D eigenvalue weighted by atomic mass is 16.2. The van der Waals surface area contributed by atoms with Gasteiger partial charge in [-0.2, -0.15) is 0 Å². The first-order valence-electron chi connectivity index (χ1n) is 4.50. The Labute approximate surface area is 78.4 Å². The zero-order valence-electron chi connectivity index (χ0n) is 8.33. The Morgan fingerprint density at radius 2 is 2.15 bits per heavy atom. The SMILES string of the molecule is CC(C)=CCN1C(=O)CC(C)C1=O. The average Bonchev–Trinajstić information content (AvgIpc) is 2.24. The molecule has 0 saturated carbocycles. The van der Waals surface area contributed by atoms with E-state index in [1.54, 1.807) is 6.92 Å². The van der Waals surface area contributed by atoms with E-state index in [4.69, 9.17) is 0 Å². The van der Waals surface area contributed by atoms with E-state index < -0.39 is 0 Å². The van der Waals surface area contributed by atoms with E-state index in [0.29, 0.717) is 13.0 Å². The smallest absolute Gasteiger partial charge is 0.232 e. The molecule has 0 radical (unpaired) electrons. The first kappa shape index (κ1) is 9.96. The maximum Gasteiger partial charge on any atom is 0.232 e. The third-order valence-corrected chi connectivity index (χ3v) is 2.15. The summed E-state index contributed by atoms with van der Waals surface area (Å²) in [5.74, 6) is -0.212. The standard InChI is InChI=1S/C10H15NO2/c1-7(2)4-5-11-9(12)6-8(3)10(11)13/h4,8H,5-6H2,1-3H3. The number of carbonyl (C=O) groups is 2. The Balaban J connectivity index is 2.65. The minimum atomic E-state index is -0.127. The second kappa shape index (κ2) is 3.73. The van der Waals surface area contributed by atoms with Crippen molar-refractivity contribution < 1.29 is 9.59 Å². The molecule has 1 rings (SSSR count). The van der Waals surface area contributed by atoms with E-state index in [1.165, 1.54) is 4.90 Å². The molecule has 0 aliphatic carbocycles. The maximum absolute atomic E-state index is 11.4. The molecule has 2 amide bonds. The van der Waals surface area contributed by atoms with Crippen molar-refractivity contribution in [2.75, 3.05) is 6.54 Å². The normalized spacial score (nSPS) is 22.4. The molecule has 0 N–H and O–H groups in total. The van der Waals surface area contributed by atoms with Crippen molar-refractivity contribution in [3.05, 3.63) is 11.6 Å². The predicted octanol–water partition coefficient (Wildman–Crippen LogP) is 1.35. The second-order valence-electron chi connectivity index (χ2n) is 3.73. The van der Waals surface area contributed by atoms with Crippen LogP contribution in [0.25, 0.3) is 0 Å². The predicted molar refractivity (Wildman–Crippen MR) is 49.9 cm³/mol. The van der Waals surface area contributed by atoms with E-state index >= 15 is 0 Å². The highest BCUT2D eigenvalue weighted by Gasteiger charge is 2.34. The molecule has 72 valence electrons. The molecule has 1 aliphatic rings. The third-order valence-electron chi connectivity index (χ3n) is 2.15. The van der Waals surface area contributed by atoms with Crippen molar-refractivity contribution in [2.45, 2.75) is 27.2 Å². The number of allylic oxidation sites excluding steroid dienone is 1. The summed E-state index contributed by atoms with van der Waals surface area (Å²) < 4.78 is 0. The topological polar surface area (TPSA) is 37.4 Å². The number of rotatable bonds is 2. The first-order valence-corrected chi connectivity index (χ1v) is 4.50. The molecule has 1 unspecified atom stereocenters. The van der Waals surface area contributed by atoms with Crippen LogP contribution in [0, 0.1) is 5.92 Å². The summed E-state index contributed by atoms with van der Waals surface area (Å²) >= 11 is 0. The molecule has 1 saturated heterocycles. The van der Waals surface area contributed by atoms with Gasteiger partial charge in [-0.1, -0.05) is 18.6 Å². The van der Waals surface area contributed by atoms with Crippen LogP contribution in [0.3, 0.4) is 0 Å². The minimum absolute atomic E-state index is 0.0394. The van der Waals surface area contributed by atoms with E-state index in [9.17, 15) is 9.59 Å². The summed E-state index contributed by atoms with van der Waals surface area (Å²) in [5.41, 5.74) is 1.13. The number of nitrogens with zero attached hydrogens (tertiary/aromatic N) is 1. The fraction of sp³-hybridized carbons (Fsp3) is 0.600. The van der Waals surface area contributed by atoms with E-state index in [2.05, 4.69) is 0 Å². The van der Waals surface area contributed by atoms with Crippen LogP contribution in [0.2, 0.25) is 0 Å². The lowest BCUT2D eigenvalue weighted by Gasteiger charge is -2.11. The number of imide groups is 1. The van der Waals surface area contributed by atoms with E-state index in [-0.39, 0.29) is 17.7 Å². The van der Waals surface area contributed by atoms with Crippen molar-refractivity contribution in [1.29, 1.82) is 0 Å². The van der Waals surface area contributed by atoms with Crippen molar-refractivity contribution in [1.82, 2.24) is 4.90 Å². The quantitative estimate of drug-likeness (QED) is 0.476. The van der Waals surface area contributed by atoms with Crippen molar-refractivity contribution >= 4 is 11.8 Å². The summed E-state index contributed by atoms with van der Waals surface area (Å²) in [6.45, 7) is 6.13. The van der Waals surface area contributed by atoms with Crippen LogP contribution in [0.4, 0.5) is 0 Å². The Kier molecular flexibility index (Phi) is 2.86. The number of amides is 2. The Morgan fingerprint density at radius 1 is 1.54 bits per heavy atom. The average molecular weight is 181 g/mol. The van der Waals surface area contributed by atoms with Crippen LogP contribution < -0.4 is 0 Å². The number of likely N-dealkylation sites (tertiary alicyclic amines) is 1. The van der Waals surface area contributed by atoms with E-state index in [1.807, 2.05) is 19.9 Å². The van der Waals surface area contributed by atoms with Crippen molar-refractivity contribution in [2.24, 2.45) is 5.92 Å². The molecular formula is C10H15NO2. The molecule has 0 bridgehead atoms. The molecule has 3 heteroatoms. The van der Waals surface area contributed by atoms with Crippen LogP contribution in [-0.4, -0.2) is 23.3 Å². The number of hydrogen-bond acceptors (Lipinski definition) is 2. The van der Waals surface area contributed by atoms with Crippen molar-refractivity contribution in [3.8, 4) is 0 Å². The van der Waals surface area contributed by atoms with Gasteiger partial charge in [0.1, 0.15) is 0 Å². The van der Waals surface area contributed by atoms with Gasteiger partial charge in [0, 0.05) is 18.9 Å². The largest absolute Gasteiger partial charge is 0.278 e. The van der Waals surface area contributed by atoms with Gasteiger partial charge in [0.2, 0.25) is 11.8 Å². The molecule has 1 aliphatic heterocycles. The van der Waals surface area contributed by atoms with Crippen LogP contribution in [0.15, 0.2) is 11.6 Å². The molecular weight excluding hydrogens is 166 g/mol. The minimum Gasteiger partial charge on any atom is -0.278 e. The summed E-state index contributed by atoms with van der Waals surface area (Å²) in [4.78, 5) is 24.0. The lowest BCUT2D eigenvalue weighted by Crippen LogP contribution is -2.30. The molecule has 0 aromatic carbocycles. The van der Waals surface area contributed by atoms with Gasteiger partial charge < -0.3 is 0 Å². The Hall–Kier alpha value is -1.12. The molecule has 1 fully saturated rings. The van der Waals surface area contributed by atoms with Crippen LogP contribution in [-0.2, 0) is 9.59 Å². The summed E-state index contributed by atoms with van der Waals surface area (Å²) in [5, 5.41) is 0. The van der Waals surface area contributed by atoms with Crippen molar-refractivity contribution in [3.63, 3.8) is 0 Å². The van der Waals surface area contributed by atoms with Crippen LogP contribution in [0.5, 0.6) is 0 Å². The Morgan fingerprint density at radius 3 is 2.54 bits per heavy atom. The monoisotopic (exact) mass is 181 g/mol. The van der Waals surface area contributed by atoms with Crippen LogP contribution in [0.1, 0.15) is 27.2 Å². The highest BCUT2D eigenvalue weighted by Crippen LogP contribution is 2.18. The summed E-state index contributed by atoms with van der Waals surface area (Å²) in [6, 6.07) is 0. The lowest BCUT2D eigenvalue weighted by molar-refractivity contribution is -0.138.